The molecule has 5 heteroatoms. The fraction of sp³-hybridized carbons (Fsp3) is 0.714. The van der Waals surface area contributed by atoms with Crippen LogP contribution in [0.25, 0.3) is 0 Å². The number of nitrogens with one attached hydrogen (secondary N) is 1. The lowest BCUT2D eigenvalue weighted by Crippen LogP contribution is -2.38. The Morgan fingerprint density at radius 1 is 1.53 bits per heavy atom. The molecule has 2 saturated heterocycles. The molecule has 3 heterocycles. The van der Waals surface area contributed by atoms with E-state index < -0.39 is 0 Å². The molecule has 0 bridgehead atoms. The molecule has 3 rings (SSSR count). The van der Waals surface area contributed by atoms with E-state index >= 15 is 0 Å². The van der Waals surface area contributed by atoms with E-state index in [0.29, 0.717) is 17.9 Å². The number of likely N-dealkylation sites (tertiary alicyclic amines) is 1. The third kappa shape index (κ3) is 1.96. The molecule has 1 N–H and O–H groups in total. The summed E-state index contributed by atoms with van der Waals surface area (Å²) in [7, 11) is 1.86. The van der Waals surface area contributed by atoms with E-state index in [1.165, 1.54) is 0 Å². The number of fused-ring (bicyclic) bond motifs is 1. The van der Waals surface area contributed by atoms with Gasteiger partial charge in [0, 0.05) is 32.7 Å². The van der Waals surface area contributed by atoms with Gasteiger partial charge in [0.1, 0.15) is 5.69 Å². The first kappa shape index (κ1) is 12.7. The summed E-state index contributed by atoms with van der Waals surface area (Å²) in [6.07, 6.45) is 0.867. The van der Waals surface area contributed by atoms with Crippen molar-refractivity contribution in [3.8, 4) is 0 Å². The van der Waals surface area contributed by atoms with E-state index in [-0.39, 0.29) is 5.91 Å². The molecule has 0 aliphatic carbocycles. The van der Waals surface area contributed by atoms with Crippen LogP contribution in [-0.4, -0.2) is 46.3 Å². The molecule has 0 saturated carbocycles. The van der Waals surface area contributed by atoms with Gasteiger partial charge in [-0.1, -0.05) is 6.92 Å². The summed E-state index contributed by atoms with van der Waals surface area (Å²) in [4.78, 5) is 14.7. The van der Waals surface area contributed by atoms with Crippen LogP contribution in [0.4, 0.5) is 0 Å². The molecular formula is C14H22N4O. The average molecular weight is 262 g/mol. The van der Waals surface area contributed by atoms with Crippen molar-refractivity contribution in [2.45, 2.75) is 26.3 Å². The van der Waals surface area contributed by atoms with Gasteiger partial charge in [0.2, 0.25) is 0 Å². The van der Waals surface area contributed by atoms with Gasteiger partial charge >= 0.3 is 0 Å². The lowest BCUT2D eigenvalue weighted by atomic mass is 9.95. The maximum Gasteiger partial charge on any atom is 0.272 e. The third-order valence-corrected chi connectivity index (χ3v) is 4.71. The maximum atomic E-state index is 12.7. The molecule has 0 aromatic carbocycles. The van der Waals surface area contributed by atoms with E-state index in [4.69, 9.17) is 0 Å². The Hall–Kier alpha value is -1.36. The molecule has 0 radical (unpaired) electrons. The highest BCUT2D eigenvalue weighted by molar-refractivity contribution is 5.93. The van der Waals surface area contributed by atoms with Gasteiger partial charge in [-0.25, -0.2) is 0 Å². The molecular weight excluding hydrogens is 240 g/mol. The van der Waals surface area contributed by atoms with Crippen molar-refractivity contribution in [3.63, 3.8) is 0 Å². The van der Waals surface area contributed by atoms with E-state index in [1.54, 1.807) is 4.68 Å². The van der Waals surface area contributed by atoms with Crippen molar-refractivity contribution in [2.75, 3.05) is 19.6 Å². The fourth-order valence-corrected chi connectivity index (χ4v) is 3.48. The lowest BCUT2D eigenvalue weighted by molar-refractivity contribution is 0.0717. The minimum absolute atomic E-state index is 0.136. The second-order valence-electron chi connectivity index (χ2n) is 5.78. The standard InChI is InChI=1S/C14H22N4O/c1-4-11-5-13(17(3)16-11)14(19)18-8-10-6-15-7-12(10)9(18)2/h5,9-10,12,15H,4,6-8H2,1-3H3. The number of hydrogen-bond acceptors (Lipinski definition) is 3. The Morgan fingerprint density at radius 3 is 2.95 bits per heavy atom. The summed E-state index contributed by atoms with van der Waals surface area (Å²) < 4.78 is 1.72. The van der Waals surface area contributed by atoms with Gasteiger partial charge in [-0.05, 0) is 31.2 Å². The largest absolute Gasteiger partial charge is 0.334 e. The molecule has 3 atom stereocenters. The number of amides is 1. The predicted octanol–water partition coefficient (Wildman–Crippen LogP) is 0.662. The molecule has 19 heavy (non-hydrogen) atoms. The first-order valence-electron chi connectivity index (χ1n) is 7.16. The zero-order valence-corrected chi connectivity index (χ0v) is 11.9. The third-order valence-electron chi connectivity index (χ3n) is 4.71. The molecule has 1 amide bonds. The van der Waals surface area contributed by atoms with Crippen molar-refractivity contribution in [3.05, 3.63) is 17.5 Å². The van der Waals surface area contributed by atoms with Gasteiger partial charge < -0.3 is 10.2 Å². The van der Waals surface area contributed by atoms with Crippen LogP contribution in [0.3, 0.4) is 0 Å². The van der Waals surface area contributed by atoms with Crippen molar-refractivity contribution >= 4 is 5.91 Å². The number of aromatic nitrogens is 2. The summed E-state index contributed by atoms with van der Waals surface area (Å²) in [5.41, 5.74) is 1.70. The Labute approximate surface area is 114 Å². The van der Waals surface area contributed by atoms with Gasteiger partial charge in [-0.3, -0.25) is 9.48 Å². The molecule has 1 aromatic heterocycles. The first-order valence-corrected chi connectivity index (χ1v) is 7.16. The number of aryl methyl sites for hydroxylation is 2. The Bertz CT molecular complexity index is 496. The minimum atomic E-state index is 0.136. The molecule has 5 nitrogen and oxygen atoms in total. The molecule has 104 valence electrons. The maximum absolute atomic E-state index is 12.7. The summed E-state index contributed by atoms with van der Waals surface area (Å²) in [5, 5.41) is 7.80. The van der Waals surface area contributed by atoms with E-state index in [9.17, 15) is 4.79 Å². The zero-order valence-electron chi connectivity index (χ0n) is 11.9. The molecule has 2 aliphatic rings. The van der Waals surface area contributed by atoms with Gasteiger partial charge in [-0.2, -0.15) is 5.10 Å². The number of carbonyl (C=O) groups excluding carboxylic acids is 1. The predicted molar refractivity (Wildman–Crippen MR) is 72.9 cm³/mol. The van der Waals surface area contributed by atoms with Crippen LogP contribution < -0.4 is 5.32 Å². The molecule has 0 spiro atoms. The number of rotatable bonds is 2. The lowest BCUT2D eigenvalue weighted by Gasteiger charge is -2.24. The fourth-order valence-electron chi connectivity index (χ4n) is 3.48. The summed E-state index contributed by atoms with van der Waals surface area (Å²) in [6.45, 7) is 7.20. The minimum Gasteiger partial charge on any atom is -0.334 e. The summed E-state index contributed by atoms with van der Waals surface area (Å²) in [6, 6.07) is 2.26. The highest BCUT2D eigenvalue weighted by Gasteiger charge is 2.44. The van der Waals surface area contributed by atoms with Gasteiger partial charge in [0.15, 0.2) is 0 Å². The van der Waals surface area contributed by atoms with Gasteiger partial charge in [-0.15, -0.1) is 0 Å². The van der Waals surface area contributed by atoms with Crippen molar-refractivity contribution < 1.29 is 4.79 Å². The van der Waals surface area contributed by atoms with Gasteiger partial charge in [0.05, 0.1) is 5.69 Å². The van der Waals surface area contributed by atoms with Crippen molar-refractivity contribution in [2.24, 2.45) is 18.9 Å². The van der Waals surface area contributed by atoms with Crippen LogP contribution in [0.1, 0.15) is 30.0 Å². The SMILES string of the molecule is CCc1cc(C(=O)N2CC3CNCC3C2C)n(C)n1. The average Bonchev–Trinajstić information content (AvgIpc) is 3.05. The second kappa shape index (κ2) is 4.63. The highest BCUT2D eigenvalue weighted by atomic mass is 16.2. The molecule has 3 unspecified atom stereocenters. The van der Waals surface area contributed by atoms with E-state index in [1.807, 2.05) is 18.0 Å². The van der Waals surface area contributed by atoms with E-state index in [0.717, 1.165) is 37.4 Å². The summed E-state index contributed by atoms with van der Waals surface area (Å²) >= 11 is 0. The quantitative estimate of drug-likeness (QED) is 0.852. The highest BCUT2D eigenvalue weighted by Crippen LogP contribution is 2.33. The Morgan fingerprint density at radius 2 is 2.32 bits per heavy atom. The van der Waals surface area contributed by atoms with Crippen LogP contribution >= 0.6 is 0 Å². The molecule has 1 aromatic rings. The van der Waals surface area contributed by atoms with Crippen molar-refractivity contribution in [1.82, 2.24) is 20.0 Å². The van der Waals surface area contributed by atoms with Crippen LogP contribution in [-0.2, 0) is 13.5 Å². The smallest absolute Gasteiger partial charge is 0.272 e. The second-order valence-corrected chi connectivity index (χ2v) is 5.78. The van der Waals surface area contributed by atoms with Crippen LogP contribution in [0.15, 0.2) is 6.07 Å². The van der Waals surface area contributed by atoms with E-state index in [2.05, 4.69) is 24.3 Å². The molecule has 2 fully saturated rings. The Kier molecular flexibility index (Phi) is 3.09. The van der Waals surface area contributed by atoms with Crippen LogP contribution in [0, 0.1) is 11.8 Å². The Balaban J connectivity index is 1.82. The van der Waals surface area contributed by atoms with Crippen molar-refractivity contribution in [1.29, 1.82) is 0 Å². The van der Waals surface area contributed by atoms with Gasteiger partial charge in [0.25, 0.3) is 5.91 Å². The number of carbonyl (C=O) groups is 1. The first-order chi connectivity index (χ1) is 9.11. The zero-order chi connectivity index (χ0) is 13.6. The molecule has 2 aliphatic heterocycles. The number of nitrogens with zero attached hydrogens (tertiary/aromatic N) is 3. The summed E-state index contributed by atoms with van der Waals surface area (Å²) in [5.74, 6) is 1.37. The normalized spacial score (nSPS) is 29.8. The van der Waals surface area contributed by atoms with Crippen LogP contribution in [0.2, 0.25) is 0 Å². The van der Waals surface area contributed by atoms with Crippen LogP contribution in [0.5, 0.6) is 0 Å². The monoisotopic (exact) mass is 262 g/mol. The number of hydrogen-bond donors (Lipinski definition) is 1. The topological polar surface area (TPSA) is 50.2 Å².